The highest BCUT2D eigenvalue weighted by Crippen LogP contribution is 2.34. The summed E-state index contributed by atoms with van der Waals surface area (Å²) in [4.78, 5) is 55.3. The summed E-state index contributed by atoms with van der Waals surface area (Å²) in [7, 11) is 0. The minimum atomic E-state index is -1.72. The Balaban J connectivity index is 0.00000476. The van der Waals surface area contributed by atoms with Gasteiger partial charge in [0.1, 0.15) is 24.3 Å². The molecule has 8 atom stereocenters. The Bertz CT molecular complexity index is 2070. The van der Waals surface area contributed by atoms with Gasteiger partial charge >= 0.3 is 0 Å². The van der Waals surface area contributed by atoms with Crippen molar-refractivity contribution in [2.75, 3.05) is 13.6 Å². The number of ether oxygens (including phenoxy) is 4. The molecule has 0 spiro atoms. The maximum Gasteiger partial charge on any atom is 0.243 e. The van der Waals surface area contributed by atoms with Gasteiger partial charge in [-0.3, -0.25) is 19.2 Å². The number of benzene rings is 4. The molecule has 2 aliphatic heterocycles. The molecule has 0 bridgehead atoms. The van der Waals surface area contributed by atoms with Crippen molar-refractivity contribution >= 4 is 48.4 Å². The lowest BCUT2D eigenvalue weighted by molar-refractivity contribution is -0.133. The molecule has 358 valence electrons. The third-order valence-corrected chi connectivity index (χ3v) is 11.4. The molecular formula is C48H62Cl2N6O10. The average Bonchev–Trinajstić information content (AvgIpc) is 3.96. The van der Waals surface area contributed by atoms with E-state index in [1.807, 2.05) is 60.7 Å². The maximum atomic E-state index is 14.3. The molecule has 16 nitrogen and oxygen atoms in total. The van der Waals surface area contributed by atoms with Crippen LogP contribution in [0.25, 0.3) is 0 Å². The van der Waals surface area contributed by atoms with Crippen LogP contribution < -0.4 is 51.7 Å². The molecule has 18 heteroatoms. The number of nitrogens with two attached hydrogens (primary N) is 2. The van der Waals surface area contributed by atoms with Crippen molar-refractivity contribution in [1.82, 2.24) is 21.3 Å². The third kappa shape index (κ3) is 14.2. The van der Waals surface area contributed by atoms with E-state index in [4.69, 9.17) is 30.4 Å². The van der Waals surface area contributed by atoms with E-state index in [9.17, 15) is 29.4 Å². The molecule has 2 heterocycles. The van der Waals surface area contributed by atoms with Gasteiger partial charge in [0.05, 0.1) is 24.2 Å². The van der Waals surface area contributed by atoms with Crippen LogP contribution in [-0.4, -0.2) is 95.9 Å². The number of hydrogen-bond acceptors (Lipinski definition) is 12. The number of nitrogens with one attached hydrogen (secondary N) is 4. The number of aliphatic hydroxyl groups excluding tert-OH is 2. The molecule has 0 radical (unpaired) electrons. The third-order valence-electron chi connectivity index (χ3n) is 11.4. The molecule has 0 unspecified atom stereocenters. The second kappa shape index (κ2) is 24.8. The molecular weight excluding hydrogens is 891 g/mol. The summed E-state index contributed by atoms with van der Waals surface area (Å²) in [6, 6.07) is 22.5. The van der Waals surface area contributed by atoms with E-state index in [0.29, 0.717) is 34.1 Å². The van der Waals surface area contributed by atoms with Crippen molar-refractivity contribution < 1.29 is 48.3 Å². The number of amides is 4. The topological polar surface area (TPSA) is 246 Å². The Kier molecular flexibility index (Phi) is 19.9. The number of rotatable bonds is 21. The van der Waals surface area contributed by atoms with E-state index in [0.717, 1.165) is 11.1 Å². The SMILES string of the molecule is CC(C)[C@H](NC(=O)[C@@H](N)Cc1ccccc1)C(=O)N[C@@H](Cc1ccc2c(c1)OCO2)[C@@H](O)[C@H](O)[C@H](Cc1ccc2c(c1)OCO2)NC(=O)[C@@H](NC(=O)[C@@H](N)Cc1ccccc1)C(C)C.Cl.Cl. The first-order valence-corrected chi connectivity index (χ1v) is 21.6. The lowest BCUT2D eigenvalue weighted by Gasteiger charge is -2.35. The number of hydrogen-bond donors (Lipinski definition) is 8. The molecule has 0 aromatic heterocycles. The van der Waals surface area contributed by atoms with Crippen molar-refractivity contribution in [1.29, 1.82) is 0 Å². The zero-order chi connectivity index (χ0) is 45.9. The number of carbonyl (C=O) groups excluding carboxylic acids is 4. The highest BCUT2D eigenvalue weighted by atomic mass is 35.5. The van der Waals surface area contributed by atoms with Crippen molar-refractivity contribution in [2.45, 2.75) is 102 Å². The largest absolute Gasteiger partial charge is 0.454 e. The van der Waals surface area contributed by atoms with Crippen molar-refractivity contribution in [3.63, 3.8) is 0 Å². The van der Waals surface area contributed by atoms with Crippen LogP contribution in [-0.2, 0) is 44.9 Å². The molecule has 4 amide bonds. The van der Waals surface area contributed by atoms with Crippen LogP contribution in [0, 0.1) is 11.8 Å². The highest BCUT2D eigenvalue weighted by molar-refractivity contribution is 5.91. The molecule has 2 aliphatic rings. The Morgan fingerprint density at radius 2 is 0.833 bits per heavy atom. The molecule has 66 heavy (non-hydrogen) atoms. The molecule has 0 saturated heterocycles. The predicted molar refractivity (Wildman–Crippen MR) is 253 cm³/mol. The highest BCUT2D eigenvalue weighted by Gasteiger charge is 2.38. The summed E-state index contributed by atoms with van der Waals surface area (Å²) in [6.45, 7) is 7.12. The molecule has 4 aromatic carbocycles. The lowest BCUT2D eigenvalue weighted by Crippen LogP contribution is -2.62. The monoisotopic (exact) mass is 952 g/mol. The summed E-state index contributed by atoms with van der Waals surface area (Å²) in [5, 5.41) is 35.9. The maximum absolute atomic E-state index is 14.3. The fourth-order valence-electron chi connectivity index (χ4n) is 7.69. The summed E-state index contributed by atoms with van der Waals surface area (Å²) < 4.78 is 22.2. The van der Waals surface area contributed by atoms with E-state index in [1.54, 1.807) is 64.1 Å². The van der Waals surface area contributed by atoms with E-state index in [1.165, 1.54) is 0 Å². The first-order valence-electron chi connectivity index (χ1n) is 21.6. The molecule has 0 saturated carbocycles. The van der Waals surface area contributed by atoms with Gasteiger partial charge in [-0.2, -0.15) is 0 Å². The lowest BCUT2D eigenvalue weighted by atomic mass is 9.90. The summed E-state index contributed by atoms with van der Waals surface area (Å²) >= 11 is 0. The Morgan fingerprint density at radius 3 is 1.18 bits per heavy atom. The van der Waals surface area contributed by atoms with Gasteiger partial charge in [0.2, 0.25) is 37.2 Å². The van der Waals surface area contributed by atoms with Crippen LogP contribution >= 0.6 is 24.8 Å². The van der Waals surface area contributed by atoms with Crippen LogP contribution in [0.1, 0.15) is 49.9 Å². The van der Waals surface area contributed by atoms with Gasteiger partial charge in [-0.15, -0.1) is 24.8 Å². The summed E-state index contributed by atoms with van der Waals surface area (Å²) in [5.41, 5.74) is 15.6. The van der Waals surface area contributed by atoms with Gasteiger partial charge in [-0.1, -0.05) is 100 Å². The van der Waals surface area contributed by atoms with Crippen molar-refractivity contribution in [3.05, 3.63) is 119 Å². The average molecular weight is 954 g/mol. The van der Waals surface area contributed by atoms with E-state index < -0.39 is 83.9 Å². The van der Waals surface area contributed by atoms with Crippen molar-refractivity contribution in [2.24, 2.45) is 23.3 Å². The summed E-state index contributed by atoms with van der Waals surface area (Å²) in [6.07, 6.45) is -2.97. The molecule has 4 aromatic rings. The first-order chi connectivity index (χ1) is 30.7. The number of halogens is 2. The van der Waals surface area contributed by atoms with Gasteiger partial charge in [0, 0.05) is 0 Å². The fraction of sp³-hybridized carbons (Fsp3) is 0.417. The molecule has 0 aliphatic carbocycles. The zero-order valence-electron chi connectivity index (χ0n) is 37.4. The second-order valence-electron chi connectivity index (χ2n) is 17.0. The Morgan fingerprint density at radius 1 is 0.485 bits per heavy atom. The van der Waals surface area contributed by atoms with Crippen LogP contribution in [0.15, 0.2) is 97.1 Å². The predicted octanol–water partition coefficient (Wildman–Crippen LogP) is 2.89. The fourth-order valence-corrected chi connectivity index (χ4v) is 7.69. The molecule has 6 rings (SSSR count). The number of carbonyl (C=O) groups is 4. The quantitative estimate of drug-likeness (QED) is 0.0602. The molecule has 10 N–H and O–H groups in total. The first kappa shape index (κ1) is 53.0. The smallest absolute Gasteiger partial charge is 0.243 e. The van der Waals surface area contributed by atoms with Gasteiger partial charge in [-0.05, 0) is 84.0 Å². The van der Waals surface area contributed by atoms with Gasteiger partial charge < -0.3 is 61.9 Å². The van der Waals surface area contributed by atoms with Gasteiger partial charge in [0.15, 0.2) is 23.0 Å². The normalized spacial score (nSPS) is 16.0. The zero-order valence-corrected chi connectivity index (χ0v) is 39.0. The van der Waals surface area contributed by atoms with E-state index in [-0.39, 0.29) is 64.1 Å². The van der Waals surface area contributed by atoms with Crippen LogP contribution in [0.3, 0.4) is 0 Å². The second-order valence-corrected chi connectivity index (χ2v) is 17.0. The molecule has 0 fully saturated rings. The number of fused-ring (bicyclic) bond motifs is 2. The van der Waals surface area contributed by atoms with Crippen LogP contribution in [0.2, 0.25) is 0 Å². The van der Waals surface area contributed by atoms with Gasteiger partial charge in [-0.25, -0.2) is 0 Å². The van der Waals surface area contributed by atoms with Crippen molar-refractivity contribution in [3.8, 4) is 23.0 Å². The number of aliphatic hydroxyl groups is 2. The minimum absolute atomic E-state index is 0. The van der Waals surface area contributed by atoms with Crippen LogP contribution in [0.5, 0.6) is 23.0 Å². The van der Waals surface area contributed by atoms with E-state index >= 15 is 0 Å². The Labute approximate surface area is 397 Å². The standard InChI is InChI=1S/C48H60N6O10.2ClH/c1-27(2)41(53-45(57)33(49)19-29-11-7-5-8-12-29)47(59)51-35(21-31-15-17-37-39(23-31)63-25-61-37)43(55)44(56)36(22-32-16-18-38-40(24-32)64-26-62-38)52-48(60)42(28(3)4)54-46(58)34(50)20-30-13-9-6-10-14-30;;/h5-18,23-24,27-28,33-36,41-44,55-56H,19-22,25-26,49-50H2,1-4H3,(H,51,59)(H,52,60)(H,53,57)(H,54,58);2*1H/t33-,34-,35-,36-,41-,42-,43+,44+;;/m0../s1. The minimum Gasteiger partial charge on any atom is -0.454 e. The van der Waals surface area contributed by atoms with Crippen LogP contribution in [0.4, 0.5) is 0 Å². The Hall–Kier alpha value is -5.62. The van der Waals surface area contributed by atoms with Gasteiger partial charge in [0.25, 0.3) is 0 Å². The summed E-state index contributed by atoms with van der Waals surface area (Å²) in [5.74, 6) is -1.17. The van der Waals surface area contributed by atoms with E-state index in [2.05, 4.69) is 21.3 Å².